The number of hydrogen-bond acceptors (Lipinski definition) is 5. The zero-order valence-corrected chi connectivity index (χ0v) is 19.7. The third-order valence-electron chi connectivity index (χ3n) is 5.18. The van der Waals surface area contributed by atoms with Crippen molar-refractivity contribution in [2.45, 2.75) is 25.4 Å². The van der Waals surface area contributed by atoms with Gasteiger partial charge in [-0.25, -0.2) is 0 Å². The molecule has 2 fully saturated rings. The number of carbonyl (C=O) groups excluding carboxylic acids is 1. The number of hydrogen-bond donors (Lipinski definition) is 2. The molecule has 2 heterocycles. The van der Waals surface area contributed by atoms with Crippen molar-refractivity contribution in [2.75, 3.05) is 5.75 Å². The highest BCUT2D eigenvalue weighted by Gasteiger charge is 2.34. The SMILES string of the molecule is CC1/C(=N/N=C2\NC(=O)CS2)CC(c2ccc(Br)cc2)NC1c1ccc(Br)cc1. The molecule has 2 aliphatic rings. The van der Waals surface area contributed by atoms with Crippen LogP contribution in [-0.2, 0) is 4.79 Å². The Kier molecular flexibility index (Phi) is 6.53. The molecule has 0 aliphatic carbocycles. The summed E-state index contributed by atoms with van der Waals surface area (Å²) in [4.78, 5) is 11.4. The molecule has 5 nitrogen and oxygen atoms in total. The van der Waals surface area contributed by atoms with E-state index in [1.54, 1.807) is 0 Å². The van der Waals surface area contributed by atoms with Crippen LogP contribution in [-0.4, -0.2) is 22.5 Å². The van der Waals surface area contributed by atoms with Gasteiger partial charge in [-0.15, -0.1) is 5.10 Å². The number of rotatable bonds is 3. The number of halogens is 2. The molecule has 3 atom stereocenters. The number of thioether (sulfide) groups is 1. The van der Waals surface area contributed by atoms with E-state index in [1.807, 2.05) is 0 Å². The maximum absolute atomic E-state index is 11.4. The zero-order chi connectivity index (χ0) is 20.4. The average molecular weight is 536 g/mol. The molecule has 0 radical (unpaired) electrons. The van der Waals surface area contributed by atoms with Crippen molar-refractivity contribution >= 4 is 60.4 Å². The summed E-state index contributed by atoms with van der Waals surface area (Å²) in [5.41, 5.74) is 3.45. The molecule has 0 aromatic heterocycles. The van der Waals surface area contributed by atoms with E-state index in [0.717, 1.165) is 21.1 Å². The highest BCUT2D eigenvalue weighted by atomic mass is 79.9. The maximum Gasteiger partial charge on any atom is 0.236 e. The van der Waals surface area contributed by atoms with Gasteiger partial charge >= 0.3 is 0 Å². The van der Waals surface area contributed by atoms with Crippen molar-refractivity contribution in [3.05, 3.63) is 68.6 Å². The van der Waals surface area contributed by atoms with Gasteiger partial charge in [-0.05, 0) is 35.4 Å². The lowest BCUT2D eigenvalue weighted by atomic mass is 9.81. The van der Waals surface area contributed by atoms with Crippen LogP contribution in [0, 0.1) is 5.92 Å². The van der Waals surface area contributed by atoms with Crippen LogP contribution in [0.25, 0.3) is 0 Å². The molecule has 8 heteroatoms. The van der Waals surface area contributed by atoms with Crippen molar-refractivity contribution in [1.29, 1.82) is 0 Å². The smallest absolute Gasteiger partial charge is 0.236 e. The molecule has 1 amide bonds. The van der Waals surface area contributed by atoms with Crippen LogP contribution in [0.1, 0.15) is 36.6 Å². The lowest BCUT2D eigenvalue weighted by Gasteiger charge is -2.37. The molecular weight excluding hydrogens is 516 g/mol. The number of amidine groups is 1. The third kappa shape index (κ3) is 4.99. The van der Waals surface area contributed by atoms with Gasteiger partial charge in [-0.3, -0.25) is 4.79 Å². The van der Waals surface area contributed by atoms with E-state index >= 15 is 0 Å². The Hall–Kier alpha value is -1.48. The summed E-state index contributed by atoms with van der Waals surface area (Å²) in [6, 6.07) is 17.0. The first-order valence-corrected chi connectivity index (χ1v) is 11.9. The van der Waals surface area contributed by atoms with Crippen molar-refractivity contribution < 1.29 is 4.79 Å². The summed E-state index contributed by atoms with van der Waals surface area (Å²) in [7, 11) is 0. The standard InChI is InChI=1S/C21H20Br2N4OS/c1-12-17(26-27-21-25-19(28)11-29-21)10-18(13-2-6-15(22)7-3-13)24-20(12)14-4-8-16(23)9-5-14/h2-9,12,18,20,24H,10-11H2,1H3,(H,25,27,28)/b26-17+. The number of piperidine rings is 1. The number of amides is 1. The third-order valence-corrected chi connectivity index (χ3v) is 7.10. The van der Waals surface area contributed by atoms with Crippen molar-refractivity contribution in [3.8, 4) is 0 Å². The fourth-order valence-electron chi connectivity index (χ4n) is 3.59. The van der Waals surface area contributed by atoms with Gasteiger partial charge in [0.15, 0.2) is 5.17 Å². The molecule has 0 spiro atoms. The quantitative estimate of drug-likeness (QED) is 0.531. The van der Waals surface area contributed by atoms with E-state index < -0.39 is 0 Å². The molecule has 29 heavy (non-hydrogen) atoms. The average Bonchev–Trinajstić information content (AvgIpc) is 3.14. The van der Waals surface area contributed by atoms with Crippen LogP contribution in [0.15, 0.2) is 67.7 Å². The van der Waals surface area contributed by atoms with Gasteiger partial charge in [0.2, 0.25) is 5.91 Å². The van der Waals surface area contributed by atoms with Crippen LogP contribution in [0.4, 0.5) is 0 Å². The predicted octanol–water partition coefficient (Wildman–Crippen LogP) is 5.20. The predicted molar refractivity (Wildman–Crippen MR) is 126 cm³/mol. The monoisotopic (exact) mass is 534 g/mol. The van der Waals surface area contributed by atoms with E-state index in [4.69, 9.17) is 0 Å². The number of nitrogens with zero attached hydrogens (tertiary/aromatic N) is 2. The largest absolute Gasteiger partial charge is 0.303 e. The van der Waals surface area contributed by atoms with Gasteiger partial charge < -0.3 is 10.6 Å². The van der Waals surface area contributed by atoms with Gasteiger partial charge in [0.1, 0.15) is 0 Å². The Morgan fingerprint density at radius 2 is 1.59 bits per heavy atom. The maximum atomic E-state index is 11.4. The Labute approximate surface area is 191 Å². The Balaban J connectivity index is 1.66. The minimum Gasteiger partial charge on any atom is -0.303 e. The van der Waals surface area contributed by atoms with E-state index in [2.05, 4.69) is 108 Å². The fraction of sp³-hybridized carbons (Fsp3) is 0.286. The van der Waals surface area contributed by atoms with Crippen LogP contribution in [0.5, 0.6) is 0 Å². The van der Waals surface area contributed by atoms with E-state index in [-0.39, 0.29) is 23.9 Å². The van der Waals surface area contributed by atoms with Gasteiger partial charge in [-0.2, -0.15) is 5.10 Å². The van der Waals surface area contributed by atoms with E-state index in [1.165, 1.54) is 22.9 Å². The second kappa shape index (κ2) is 9.12. The highest BCUT2D eigenvalue weighted by molar-refractivity contribution is 9.10. The number of carbonyl (C=O) groups is 1. The minimum absolute atomic E-state index is 0.0206. The van der Waals surface area contributed by atoms with Gasteiger partial charge in [-0.1, -0.05) is 74.8 Å². The summed E-state index contributed by atoms with van der Waals surface area (Å²) in [6.07, 6.45) is 0.769. The summed E-state index contributed by atoms with van der Waals surface area (Å²) < 4.78 is 2.12. The van der Waals surface area contributed by atoms with Gasteiger partial charge in [0.25, 0.3) is 0 Å². The van der Waals surface area contributed by atoms with Crippen molar-refractivity contribution in [1.82, 2.24) is 10.6 Å². The van der Waals surface area contributed by atoms with Crippen molar-refractivity contribution in [3.63, 3.8) is 0 Å². The zero-order valence-electron chi connectivity index (χ0n) is 15.7. The summed E-state index contributed by atoms with van der Waals surface area (Å²) in [5, 5.41) is 16.0. The normalized spacial score (nSPS) is 27.4. The number of nitrogens with one attached hydrogen (secondary N) is 2. The van der Waals surface area contributed by atoms with Crippen molar-refractivity contribution in [2.24, 2.45) is 16.1 Å². The molecule has 0 saturated carbocycles. The first-order valence-electron chi connectivity index (χ1n) is 9.33. The van der Waals surface area contributed by atoms with Crippen LogP contribution >= 0.6 is 43.6 Å². The summed E-state index contributed by atoms with van der Waals surface area (Å²) in [6.45, 7) is 2.18. The molecular formula is C21H20Br2N4OS. The molecule has 2 aromatic rings. The minimum atomic E-state index is -0.0206. The van der Waals surface area contributed by atoms with Gasteiger partial charge in [0, 0.05) is 39.1 Å². The Morgan fingerprint density at radius 3 is 2.17 bits per heavy atom. The molecule has 2 saturated heterocycles. The topological polar surface area (TPSA) is 65.8 Å². The molecule has 3 unspecified atom stereocenters. The van der Waals surface area contributed by atoms with E-state index in [9.17, 15) is 4.79 Å². The highest BCUT2D eigenvalue weighted by Crippen LogP contribution is 2.36. The molecule has 150 valence electrons. The number of benzene rings is 2. The second-order valence-electron chi connectivity index (χ2n) is 7.13. The second-order valence-corrected chi connectivity index (χ2v) is 9.92. The van der Waals surface area contributed by atoms with Gasteiger partial charge in [0.05, 0.1) is 5.75 Å². The van der Waals surface area contributed by atoms with E-state index in [0.29, 0.717) is 10.9 Å². The first-order chi connectivity index (χ1) is 14.0. The van der Waals surface area contributed by atoms with Crippen LogP contribution in [0.3, 0.4) is 0 Å². The fourth-order valence-corrected chi connectivity index (χ4v) is 4.75. The molecule has 4 rings (SSSR count). The lowest BCUT2D eigenvalue weighted by molar-refractivity contribution is -0.116. The molecule has 2 aliphatic heterocycles. The molecule has 2 aromatic carbocycles. The Morgan fingerprint density at radius 1 is 0.966 bits per heavy atom. The summed E-state index contributed by atoms with van der Waals surface area (Å²) in [5.74, 6) is 0.561. The lowest BCUT2D eigenvalue weighted by Crippen LogP contribution is -2.41. The molecule has 0 bridgehead atoms. The van der Waals surface area contributed by atoms with Crippen LogP contribution < -0.4 is 10.6 Å². The summed E-state index contributed by atoms with van der Waals surface area (Å²) >= 11 is 8.42. The van der Waals surface area contributed by atoms with Crippen LogP contribution in [0.2, 0.25) is 0 Å². The first kappa shape index (κ1) is 20.8. The molecule has 2 N–H and O–H groups in total. The Bertz CT molecular complexity index is 960.